The highest BCUT2D eigenvalue weighted by Crippen LogP contribution is 2.27. The molecule has 0 radical (unpaired) electrons. The maximum Gasteiger partial charge on any atom is 0.356 e. The van der Waals surface area contributed by atoms with E-state index in [1.807, 2.05) is 31.2 Å². The lowest BCUT2D eigenvalue weighted by Gasteiger charge is -2.07. The fraction of sp³-hybridized carbons (Fsp3) is 0.188. The minimum atomic E-state index is -0.470. The summed E-state index contributed by atoms with van der Waals surface area (Å²) in [5.74, 6) is 0.284. The van der Waals surface area contributed by atoms with E-state index in [9.17, 15) is 4.79 Å². The number of methoxy groups -OCH3 is 2. The van der Waals surface area contributed by atoms with Crippen LogP contribution in [0.15, 0.2) is 34.8 Å². The van der Waals surface area contributed by atoms with Crippen molar-refractivity contribution in [3.8, 4) is 17.0 Å². The largest absolute Gasteiger partial charge is 0.497 e. The number of benzene rings is 1. The number of esters is 1. The number of aromatic nitrogens is 3. The number of nitrogens with zero attached hydrogens (tertiary/aromatic N) is 3. The van der Waals surface area contributed by atoms with Crippen molar-refractivity contribution in [2.75, 3.05) is 14.2 Å². The van der Waals surface area contributed by atoms with Crippen LogP contribution in [0.3, 0.4) is 0 Å². The first-order valence-corrected chi connectivity index (χ1v) is 7.63. The predicted molar refractivity (Wildman–Crippen MR) is 88.8 cm³/mol. The molecule has 2 heterocycles. The number of carbonyl (C=O) groups is 1. The Balaban J connectivity index is 2.24. The van der Waals surface area contributed by atoms with Gasteiger partial charge in [-0.15, -0.1) is 0 Å². The van der Waals surface area contributed by atoms with Crippen molar-refractivity contribution in [2.24, 2.45) is 0 Å². The zero-order chi connectivity index (χ0) is 16.6. The van der Waals surface area contributed by atoms with Crippen molar-refractivity contribution in [3.63, 3.8) is 0 Å². The summed E-state index contributed by atoms with van der Waals surface area (Å²) in [6.07, 6.45) is 0. The number of halogens is 1. The van der Waals surface area contributed by atoms with Crippen molar-refractivity contribution >= 4 is 27.5 Å². The van der Waals surface area contributed by atoms with Crippen LogP contribution in [0.2, 0.25) is 0 Å². The van der Waals surface area contributed by atoms with E-state index in [0.29, 0.717) is 17.0 Å². The Bertz CT molecular complexity index is 888. The van der Waals surface area contributed by atoms with E-state index >= 15 is 0 Å². The number of aryl methyl sites for hydroxylation is 1. The molecule has 3 aromatic rings. The van der Waals surface area contributed by atoms with Gasteiger partial charge >= 0.3 is 5.97 Å². The van der Waals surface area contributed by atoms with Crippen molar-refractivity contribution in [3.05, 3.63) is 46.2 Å². The first-order chi connectivity index (χ1) is 11.0. The van der Waals surface area contributed by atoms with Crippen molar-refractivity contribution in [2.45, 2.75) is 6.92 Å². The van der Waals surface area contributed by atoms with Crippen LogP contribution in [0.1, 0.15) is 16.2 Å². The van der Waals surface area contributed by atoms with Crippen molar-refractivity contribution < 1.29 is 14.3 Å². The molecule has 0 bridgehead atoms. The Morgan fingerprint density at radius 2 is 1.91 bits per heavy atom. The highest BCUT2D eigenvalue weighted by Gasteiger charge is 2.19. The van der Waals surface area contributed by atoms with Crippen LogP contribution in [0, 0.1) is 6.92 Å². The number of rotatable bonds is 3. The normalized spacial score (nSPS) is 10.8. The molecule has 0 aliphatic rings. The van der Waals surface area contributed by atoms with Crippen LogP contribution in [-0.4, -0.2) is 34.8 Å². The number of hydrogen-bond donors (Lipinski definition) is 0. The van der Waals surface area contributed by atoms with Gasteiger partial charge in [0.1, 0.15) is 5.75 Å². The molecule has 2 aromatic heterocycles. The molecule has 0 atom stereocenters. The molecule has 0 saturated heterocycles. The molecule has 3 rings (SSSR count). The van der Waals surface area contributed by atoms with E-state index in [-0.39, 0.29) is 0 Å². The van der Waals surface area contributed by atoms with Crippen molar-refractivity contribution in [1.82, 2.24) is 14.6 Å². The number of ether oxygens (including phenoxy) is 2. The first-order valence-electron chi connectivity index (χ1n) is 6.83. The third-order valence-electron chi connectivity index (χ3n) is 3.47. The topological polar surface area (TPSA) is 65.7 Å². The molecule has 1 aromatic carbocycles. The standard InChI is InChI=1S/C16H14BrN3O3/c1-9-14(17)15-18-12(10-4-6-11(22-2)7-5-10)8-13(16(21)23-3)20(15)19-9/h4-8H,1-3H3. The molecule has 7 heteroatoms. The summed E-state index contributed by atoms with van der Waals surface area (Å²) < 4.78 is 12.3. The molecule has 0 unspecified atom stereocenters. The molecule has 0 fully saturated rings. The molecular weight excluding hydrogens is 362 g/mol. The monoisotopic (exact) mass is 375 g/mol. The van der Waals surface area contributed by atoms with Gasteiger partial charge in [-0.1, -0.05) is 0 Å². The molecule has 118 valence electrons. The molecule has 0 amide bonds. The number of carbonyl (C=O) groups excluding carboxylic acids is 1. The number of hydrogen-bond acceptors (Lipinski definition) is 5. The molecule has 23 heavy (non-hydrogen) atoms. The third-order valence-corrected chi connectivity index (χ3v) is 4.40. The van der Waals surface area contributed by atoms with Crippen LogP contribution in [0.5, 0.6) is 5.75 Å². The molecule has 0 saturated carbocycles. The summed E-state index contributed by atoms with van der Waals surface area (Å²) in [6, 6.07) is 9.12. The van der Waals surface area contributed by atoms with Crippen LogP contribution in [0.4, 0.5) is 0 Å². The maximum absolute atomic E-state index is 12.1. The Morgan fingerprint density at radius 3 is 2.52 bits per heavy atom. The summed E-state index contributed by atoms with van der Waals surface area (Å²) in [4.78, 5) is 16.7. The zero-order valence-electron chi connectivity index (χ0n) is 12.8. The zero-order valence-corrected chi connectivity index (χ0v) is 14.4. The van der Waals surface area contributed by atoms with Gasteiger partial charge in [0, 0.05) is 5.56 Å². The quantitative estimate of drug-likeness (QED) is 0.657. The second-order valence-corrected chi connectivity index (χ2v) is 5.67. The highest BCUT2D eigenvalue weighted by molar-refractivity contribution is 9.10. The Morgan fingerprint density at radius 1 is 1.22 bits per heavy atom. The molecule has 0 spiro atoms. The van der Waals surface area contributed by atoms with E-state index in [1.165, 1.54) is 11.6 Å². The Hall–Kier alpha value is -2.41. The third kappa shape index (κ3) is 2.68. The summed E-state index contributed by atoms with van der Waals surface area (Å²) in [5.41, 5.74) is 3.15. The summed E-state index contributed by atoms with van der Waals surface area (Å²) in [5, 5.41) is 4.33. The predicted octanol–water partition coefficient (Wildman–Crippen LogP) is 3.26. The molecule has 0 N–H and O–H groups in total. The van der Waals surface area contributed by atoms with Gasteiger partial charge in [0.05, 0.1) is 30.1 Å². The highest BCUT2D eigenvalue weighted by atomic mass is 79.9. The molecular formula is C16H14BrN3O3. The van der Waals surface area contributed by atoms with Gasteiger partial charge in [-0.05, 0) is 53.2 Å². The van der Waals surface area contributed by atoms with Gasteiger partial charge in [-0.2, -0.15) is 5.10 Å². The second-order valence-electron chi connectivity index (χ2n) is 4.88. The van der Waals surface area contributed by atoms with Crippen LogP contribution in [-0.2, 0) is 4.74 Å². The fourth-order valence-electron chi connectivity index (χ4n) is 2.26. The van der Waals surface area contributed by atoms with Gasteiger partial charge in [0.15, 0.2) is 11.3 Å². The smallest absolute Gasteiger partial charge is 0.356 e. The summed E-state index contributed by atoms with van der Waals surface area (Å²) in [6.45, 7) is 1.84. The molecule has 0 aliphatic carbocycles. The lowest BCUT2D eigenvalue weighted by molar-refractivity contribution is 0.0590. The lowest BCUT2D eigenvalue weighted by Crippen LogP contribution is -2.10. The van der Waals surface area contributed by atoms with E-state index in [2.05, 4.69) is 26.0 Å². The minimum Gasteiger partial charge on any atom is -0.497 e. The van der Waals surface area contributed by atoms with E-state index in [1.54, 1.807) is 13.2 Å². The molecule has 6 nitrogen and oxygen atoms in total. The van der Waals surface area contributed by atoms with Gasteiger partial charge < -0.3 is 9.47 Å². The van der Waals surface area contributed by atoms with E-state index in [4.69, 9.17) is 9.47 Å². The van der Waals surface area contributed by atoms with Gasteiger partial charge in [-0.25, -0.2) is 14.3 Å². The van der Waals surface area contributed by atoms with Gasteiger partial charge in [0.2, 0.25) is 0 Å². The summed E-state index contributed by atoms with van der Waals surface area (Å²) in [7, 11) is 2.95. The fourth-order valence-corrected chi connectivity index (χ4v) is 2.59. The number of fused-ring (bicyclic) bond motifs is 1. The first kappa shape index (κ1) is 15.5. The maximum atomic E-state index is 12.1. The van der Waals surface area contributed by atoms with Crippen molar-refractivity contribution in [1.29, 1.82) is 0 Å². The molecule has 0 aliphatic heterocycles. The second kappa shape index (κ2) is 6.00. The average Bonchev–Trinajstić information content (AvgIpc) is 2.88. The van der Waals surface area contributed by atoms with Gasteiger partial charge in [0.25, 0.3) is 0 Å². The van der Waals surface area contributed by atoms with Crippen LogP contribution in [0.25, 0.3) is 16.9 Å². The van der Waals surface area contributed by atoms with E-state index < -0.39 is 5.97 Å². The summed E-state index contributed by atoms with van der Waals surface area (Å²) >= 11 is 3.47. The minimum absolute atomic E-state index is 0.317. The Labute approximate surface area is 141 Å². The van der Waals surface area contributed by atoms with Crippen LogP contribution >= 0.6 is 15.9 Å². The van der Waals surface area contributed by atoms with E-state index in [0.717, 1.165) is 21.5 Å². The van der Waals surface area contributed by atoms with Crippen LogP contribution < -0.4 is 4.74 Å². The lowest BCUT2D eigenvalue weighted by atomic mass is 10.1. The Kier molecular flexibility index (Phi) is 4.04. The SMILES string of the molecule is COC(=O)c1cc(-c2ccc(OC)cc2)nc2c(Br)c(C)nn12. The van der Waals surface area contributed by atoms with Gasteiger partial charge in [-0.3, -0.25) is 0 Å². The average molecular weight is 376 g/mol.